The van der Waals surface area contributed by atoms with Gasteiger partial charge in [0.25, 0.3) is 11.4 Å². The van der Waals surface area contributed by atoms with Crippen LogP contribution in [0, 0.1) is 0 Å². The highest BCUT2D eigenvalue weighted by molar-refractivity contribution is 7.38. The fourth-order valence-corrected chi connectivity index (χ4v) is 2.73. The van der Waals surface area contributed by atoms with E-state index < -0.39 is 55.6 Å². The highest BCUT2D eigenvalue weighted by Crippen LogP contribution is 2.40. The Morgan fingerprint density at radius 2 is 2.18 bits per heavy atom. The molecule has 5 N–H and O–H groups in total. The Morgan fingerprint density at radius 3 is 2.73 bits per heavy atom. The molecule has 0 aromatic carbocycles. The van der Waals surface area contributed by atoms with Crippen LogP contribution in [-0.2, 0) is 9.30 Å². The van der Waals surface area contributed by atoms with E-state index in [0.29, 0.717) is 0 Å². The first-order valence-corrected chi connectivity index (χ1v) is 7.63. The van der Waals surface area contributed by atoms with Crippen molar-refractivity contribution in [2.75, 3.05) is 0 Å². The summed E-state index contributed by atoms with van der Waals surface area (Å²) in [6.45, 7) is 1.21. The fraction of sp³-hybridized carbons (Fsp3) is 0.636. The molecule has 0 aliphatic carbocycles. The third-order valence-corrected chi connectivity index (χ3v) is 4.28. The monoisotopic (exact) mass is 335 g/mol. The maximum atomic E-state index is 11.8. The summed E-state index contributed by atoms with van der Waals surface area (Å²) in [7, 11) is -2.89. The van der Waals surface area contributed by atoms with Gasteiger partial charge in [-0.2, -0.15) is 4.89 Å². The summed E-state index contributed by atoms with van der Waals surface area (Å²) in [5.41, 5.74) is -3.39. The standard InChI is InChI=1S/C11H15N2O8P/c1-11(18)8(16)5(4-7(15)22(19)20)21-9(11)13-3-2-6(14)12-10(13)17/h2-3,5,7-9,15-16,18H,4H2,1H3,(H-,12,14,17,19,20)/p+1/t5?,7-,8-,9?,11-/m1/s1. The van der Waals surface area contributed by atoms with E-state index in [9.17, 15) is 29.5 Å². The lowest BCUT2D eigenvalue weighted by atomic mass is 9.95. The summed E-state index contributed by atoms with van der Waals surface area (Å²) in [6.07, 6.45) is -3.32. The Kier molecular flexibility index (Phi) is 4.62. The number of nitrogens with zero attached hydrogens (tertiary/aromatic N) is 1. The number of hydrogen-bond acceptors (Lipinski definition) is 7. The van der Waals surface area contributed by atoms with Gasteiger partial charge in [-0.25, -0.2) is 4.79 Å². The first-order chi connectivity index (χ1) is 10.1. The van der Waals surface area contributed by atoms with E-state index in [4.69, 9.17) is 9.63 Å². The topological polar surface area (TPSA) is 162 Å². The minimum atomic E-state index is -2.89. The number of aliphatic hydroxyl groups is 3. The highest BCUT2D eigenvalue weighted by atomic mass is 31.1. The van der Waals surface area contributed by atoms with Gasteiger partial charge in [-0.05, 0) is 11.5 Å². The molecule has 0 radical (unpaired) electrons. The first-order valence-electron chi connectivity index (χ1n) is 6.35. The molecule has 1 aliphatic rings. The van der Waals surface area contributed by atoms with Crippen molar-refractivity contribution in [3.05, 3.63) is 33.1 Å². The minimum Gasteiger partial charge on any atom is -0.387 e. The van der Waals surface area contributed by atoms with E-state index in [-0.39, 0.29) is 0 Å². The van der Waals surface area contributed by atoms with Crippen LogP contribution in [0.2, 0.25) is 0 Å². The van der Waals surface area contributed by atoms with E-state index in [0.717, 1.165) is 16.8 Å². The average Bonchev–Trinajstić information content (AvgIpc) is 2.63. The average molecular weight is 335 g/mol. The molecule has 0 spiro atoms. The van der Waals surface area contributed by atoms with Gasteiger partial charge in [-0.1, -0.05) is 0 Å². The molecule has 0 bridgehead atoms. The van der Waals surface area contributed by atoms with Crippen molar-refractivity contribution in [3.63, 3.8) is 0 Å². The van der Waals surface area contributed by atoms with Crippen LogP contribution in [0.15, 0.2) is 21.9 Å². The van der Waals surface area contributed by atoms with Crippen molar-refractivity contribution >= 4 is 8.03 Å². The van der Waals surface area contributed by atoms with E-state index >= 15 is 0 Å². The zero-order valence-corrected chi connectivity index (χ0v) is 12.4. The molecule has 1 aliphatic heterocycles. The molecule has 2 rings (SSSR count). The molecular formula is C11H16N2O8P+. The number of aromatic amines is 1. The molecule has 1 fully saturated rings. The van der Waals surface area contributed by atoms with Crippen molar-refractivity contribution in [3.8, 4) is 0 Å². The second-order valence-corrected chi connectivity index (χ2v) is 6.43. The second-order valence-electron chi connectivity index (χ2n) is 5.23. The number of H-pyrrole nitrogens is 1. The highest BCUT2D eigenvalue weighted by Gasteiger charge is 2.54. The Hall–Kier alpha value is -1.42. The Balaban J connectivity index is 2.32. The molecule has 22 heavy (non-hydrogen) atoms. The van der Waals surface area contributed by atoms with Crippen molar-refractivity contribution in [1.29, 1.82) is 0 Å². The van der Waals surface area contributed by atoms with E-state index in [1.54, 1.807) is 0 Å². The van der Waals surface area contributed by atoms with E-state index in [1.165, 1.54) is 6.92 Å². The van der Waals surface area contributed by atoms with Crippen LogP contribution in [-0.4, -0.2) is 53.4 Å². The lowest BCUT2D eigenvalue weighted by molar-refractivity contribution is -0.0981. The molecule has 1 aromatic heterocycles. The maximum absolute atomic E-state index is 11.8. The summed E-state index contributed by atoms with van der Waals surface area (Å²) in [5.74, 6) is -1.64. The SMILES string of the molecule is C[C@]1(O)C(n2ccc(=O)[nH]c2=O)OC(C[C@H](O)[P+](=O)O)[C@H]1O. The summed E-state index contributed by atoms with van der Waals surface area (Å²) < 4.78 is 17.0. The van der Waals surface area contributed by atoms with Gasteiger partial charge in [-0.3, -0.25) is 14.3 Å². The second kappa shape index (κ2) is 5.99. The van der Waals surface area contributed by atoms with Crippen LogP contribution in [0.3, 0.4) is 0 Å². The van der Waals surface area contributed by atoms with Crippen LogP contribution >= 0.6 is 8.03 Å². The van der Waals surface area contributed by atoms with E-state index in [2.05, 4.69) is 0 Å². The lowest BCUT2D eigenvalue weighted by Crippen LogP contribution is -2.46. The Morgan fingerprint density at radius 1 is 1.55 bits per heavy atom. The zero-order chi connectivity index (χ0) is 16.7. The molecule has 10 nitrogen and oxygen atoms in total. The van der Waals surface area contributed by atoms with Gasteiger partial charge in [0.2, 0.25) is 0 Å². The first kappa shape index (κ1) is 16.9. The van der Waals surface area contributed by atoms with Gasteiger partial charge in [0.1, 0.15) is 11.7 Å². The number of aliphatic hydroxyl groups excluding tert-OH is 2. The third kappa shape index (κ3) is 3.02. The molecule has 122 valence electrons. The number of rotatable bonds is 4. The zero-order valence-electron chi connectivity index (χ0n) is 11.5. The van der Waals surface area contributed by atoms with Crippen molar-refractivity contribution < 1.29 is 29.5 Å². The summed E-state index contributed by atoms with van der Waals surface area (Å²) in [6, 6.07) is 1.04. The van der Waals surface area contributed by atoms with Crippen molar-refractivity contribution in [2.24, 2.45) is 0 Å². The molecule has 2 heterocycles. The lowest BCUT2D eigenvalue weighted by Gasteiger charge is -2.27. The van der Waals surface area contributed by atoms with Crippen LogP contribution in [0.25, 0.3) is 0 Å². The molecule has 1 saturated heterocycles. The molecule has 1 aromatic rings. The normalized spacial score (nSPS) is 33.7. The van der Waals surface area contributed by atoms with Gasteiger partial charge < -0.3 is 20.1 Å². The summed E-state index contributed by atoms with van der Waals surface area (Å²) in [5, 5.41) is 29.8. The van der Waals surface area contributed by atoms with Crippen LogP contribution in [0.4, 0.5) is 0 Å². The quantitative estimate of drug-likeness (QED) is 0.394. The molecule has 0 saturated carbocycles. The number of hydrogen-bond donors (Lipinski definition) is 5. The third-order valence-electron chi connectivity index (χ3n) is 3.56. The number of nitrogens with one attached hydrogen (secondary N) is 1. The molecule has 6 atom stereocenters. The Bertz CT molecular complexity index is 683. The van der Waals surface area contributed by atoms with Crippen LogP contribution in [0.1, 0.15) is 19.6 Å². The summed E-state index contributed by atoms with van der Waals surface area (Å²) in [4.78, 5) is 33.6. The summed E-state index contributed by atoms with van der Waals surface area (Å²) >= 11 is 0. The van der Waals surface area contributed by atoms with Crippen LogP contribution < -0.4 is 11.2 Å². The molecule has 11 heteroatoms. The predicted octanol–water partition coefficient (Wildman–Crippen LogP) is -2.01. The van der Waals surface area contributed by atoms with E-state index in [1.807, 2.05) is 4.98 Å². The van der Waals surface area contributed by atoms with Gasteiger partial charge in [0.15, 0.2) is 6.23 Å². The van der Waals surface area contributed by atoms with Crippen molar-refractivity contribution in [2.45, 2.75) is 43.2 Å². The fourth-order valence-electron chi connectivity index (χ4n) is 2.34. The van der Waals surface area contributed by atoms with Gasteiger partial charge in [0.05, 0.1) is 12.5 Å². The van der Waals surface area contributed by atoms with Crippen molar-refractivity contribution in [1.82, 2.24) is 9.55 Å². The smallest absolute Gasteiger partial charge is 0.387 e. The number of ether oxygens (including phenoxy) is 1. The molecule has 0 amide bonds. The predicted molar refractivity (Wildman–Crippen MR) is 72.3 cm³/mol. The van der Waals surface area contributed by atoms with Gasteiger partial charge >= 0.3 is 13.7 Å². The van der Waals surface area contributed by atoms with Crippen LogP contribution in [0.5, 0.6) is 0 Å². The maximum Gasteiger partial charge on any atom is 0.537 e. The molecular weight excluding hydrogens is 319 g/mol. The van der Waals surface area contributed by atoms with Gasteiger partial charge in [-0.15, -0.1) is 0 Å². The largest absolute Gasteiger partial charge is 0.537 e. The Labute approximate surface area is 124 Å². The van der Waals surface area contributed by atoms with Gasteiger partial charge in [0, 0.05) is 12.3 Å². The minimum absolute atomic E-state index is 0.405. The number of aromatic nitrogens is 2. The molecule has 3 unspecified atom stereocenters.